The number of aryl methyl sites for hydroxylation is 1. The first-order chi connectivity index (χ1) is 4.72. The van der Waals surface area contributed by atoms with E-state index < -0.39 is 0 Å². The highest BCUT2D eigenvalue weighted by Crippen LogP contribution is 2.16. The van der Waals surface area contributed by atoms with Crippen LogP contribution in [0.5, 0.6) is 0 Å². The van der Waals surface area contributed by atoms with E-state index in [1.165, 1.54) is 5.56 Å². The first-order valence-electron chi connectivity index (χ1n) is 3.27. The van der Waals surface area contributed by atoms with Gasteiger partial charge in [-0.05, 0) is 30.2 Å². The number of anilines is 1. The molecule has 0 fully saturated rings. The van der Waals surface area contributed by atoms with Gasteiger partial charge in [0.1, 0.15) is 0 Å². The highest BCUT2D eigenvalue weighted by molar-refractivity contribution is 6.30. The summed E-state index contributed by atoms with van der Waals surface area (Å²) in [6.45, 7) is 2.07. The van der Waals surface area contributed by atoms with Crippen LogP contribution in [0.3, 0.4) is 0 Å². The maximum atomic E-state index is 5.75. The van der Waals surface area contributed by atoms with E-state index in [0.717, 1.165) is 17.1 Å². The van der Waals surface area contributed by atoms with E-state index in [-0.39, 0.29) is 12.4 Å². The fourth-order valence-electron chi connectivity index (χ4n) is 0.880. The predicted octanol–water partition coefficient (Wildman–Crippen LogP) is 2.91. The van der Waals surface area contributed by atoms with Crippen LogP contribution in [-0.2, 0) is 6.42 Å². The smallest absolute Gasteiger partial charge is 0.0429 e. The molecule has 0 spiro atoms. The van der Waals surface area contributed by atoms with Crippen LogP contribution in [0.25, 0.3) is 0 Å². The van der Waals surface area contributed by atoms with Crippen molar-refractivity contribution in [1.82, 2.24) is 0 Å². The molecule has 0 bridgehead atoms. The van der Waals surface area contributed by atoms with Crippen LogP contribution in [0.1, 0.15) is 12.5 Å². The Balaban J connectivity index is 0.000001000. The Morgan fingerprint density at radius 2 is 2.00 bits per heavy atom. The van der Waals surface area contributed by atoms with E-state index in [2.05, 4.69) is 6.92 Å². The second-order valence-corrected chi connectivity index (χ2v) is 2.68. The van der Waals surface area contributed by atoms with Gasteiger partial charge < -0.3 is 5.73 Å². The summed E-state index contributed by atoms with van der Waals surface area (Å²) in [7, 11) is 0. The number of halogens is 2. The second-order valence-electron chi connectivity index (χ2n) is 2.25. The van der Waals surface area contributed by atoms with Gasteiger partial charge in [-0.25, -0.2) is 0 Å². The van der Waals surface area contributed by atoms with Gasteiger partial charge >= 0.3 is 0 Å². The number of rotatable bonds is 1. The molecule has 0 heterocycles. The average Bonchev–Trinajstić information content (AvgIpc) is 1.85. The average molecular weight is 192 g/mol. The number of nitrogen functional groups attached to an aromatic ring is 1. The third-order valence-electron chi connectivity index (χ3n) is 1.39. The summed E-state index contributed by atoms with van der Waals surface area (Å²) in [6, 6.07) is 5.62. The van der Waals surface area contributed by atoms with Gasteiger partial charge in [0.05, 0.1) is 0 Å². The van der Waals surface area contributed by atoms with Crippen LogP contribution < -0.4 is 5.73 Å². The molecule has 0 amide bonds. The summed E-state index contributed by atoms with van der Waals surface area (Å²) >= 11 is 5.75. The summed E-state index contributed by atoms with van der Waals surface area (Å²) in [4.78, 5) is 0. The molecule has 0 saturated heterocycles. The maximum absolute atomic E-state index is 5.75. The van der Waals surface area contributed by atoms with E-state index in [0.29, 0.717) is 0 Å². The van der Waals surface area contributed by atoms with Gasteiger partial charge in [-0.15, -0.1) is 12.4 Å². The lowest BCUT2D eigenvalue weighted by atomic mass is 10.1. The number of hydrogen-bond acceptors (Lipinski definition) is 1. The van der Waals surface area contributed by atoms with Gasteiger partial charge in [0.15, 0.2) is 0 Å². The Bertz CT molecular complexity index is 215. The Kier molecular flexibility index (Phi) is 4.31. The molecular weight excluding hydrogens is 181 g/mol. The zero-order chi connectivity index (χ0) is 7.56. The fourth-order valence-corrected chi connectivity index (χ4v) is 1.15. The molecular formula is C8H11Cl2N. The van der Waals surface area contributed by atoms with Gasteiger partial charge in [-0.3, -0.25) is 0 Å². The molecule has 62 valence electrons. The monoisotopic (exact) mass is 191 g/mol. The first kappa shape index (κ1) is 10.6. The summed E-state index contributed by atoms with van der Waals surface area (Å²) in [5, 5.41) is 0.719. The van der Waals surface area contributed by atoms with Gasteiger partial charge in [-0.2, -0.15) is 0 Å². The quantitative estimate of drug-likeness (QED) is 0.680. The summed E-state index contributed by atoms with van der Waals surface area (Å²) in [6.07, 6.45) is 0.977. The molecule has 0 aromatic heterocycles. The lowest BCUT2D eigenvalue weighted by molar-refractivity contribution is 1.14. The molecule has 11 heavy (non-hydrogen) atoms. The standard InChI is InChI=1S/C8H10ClN.ClH/c1-2-6-3-7(9)5-8(10)4-6;/h3-5H,2,10H2,1H3;1H. The molecule has 0 unspecified atom stereocenters. The predicted molar refractivity (Wildman–Crippen MR) is 52.5 cm³/mol. The van der Waals surface area contributed by atoms with E-state index in [1.54, 1.807) is 6.07 Å². The minimum Gasteiger partial charge on any atom is -0.399 e. The molecule has 0 radical (unpaired) electrons. The summed E-state index contributed by atoms with van der Waals surface area (Å²) < 4.78 is 0. The molecule has 3 heteroatoms. The van der Waals surface area contributed by atoms with Crippen LogP contribution in [0.2, 0.25) is 5.02 Å². The minimum atomic E-state index is 0. The second kappa shape index (κ2) is 4.47. The van der Waals surface area contributed by atoms with E-state index in [4.69, 9.17) is 17.3 Å². The van der Waals surface area contributed by atoms with E-state index in [1.807, 2.05) is 12.1 Å². The number of hydrogen-bond donors (Lipinski definition) is 1. The van der Waals surface area contributed by atoms with Crippen molar-refractivity contribution >= 4 is 29.7 Å². The zero-order valence-corrected chi connectivity index (χ0v) is 7.88. The lowest BCUT2D eigenvalue weighted by Gasteiger charge is -1.98. The van der Waals surface area contributed by atoms with Gasteiger partial charge in [0.2, 0.25) is 0 Å². The third kappa shape index (κ3) is 3.00. The molecule has 1 aromatic rings. The molecule has 1 nitrogen and oxygen atoms in total. The molecule has 0 aliphatic carbocycles. The van der Waals surface area contributed by atoms with Crippen molar-refractivity contribution in [3.8, 4) is 0 Å². The van der Waals surface area contributed by atoms with Crippen molar-refractivity contribution in [3.63, 3.8) is 0 Å². The van der Waals surface area contributed by atoms with Crippen molar-refractivity contribution in [2.75, 3.05) is 5.73 Å². The van der Waals surface area contributed by atoms with Crippen molar-refractivity contribution in [1.29, 1.82) is 0 Å². The fraction of sp³-hybridized carbons (Fsp3) is 0.250. The highest BCUT2D eigenvalue weighted by atomic mass is 35.5. The number of benzene rings is 1. The van der Waals surface area contributed by atoms with Gasteiger partial charge in [-0.1, -0.05) is 18.5 Å². The van der Waals surface area contributed by atoms with Crippen LogP contribution in [0.15, 0.2) is 18.2 Å². The van der Waals surface area contributed by atoms with Crippen molar-refractivity contribution in [2.45, 2.75) is 13.3 Å². The van der Waals surface area contributed by atoms with Gasteiger partial charge in [0.25, 0.3) is 0 Å². The molecule has 0 aliphatic rings. The molecule has 1 rings (SSSR count). The minimum absolute atomic E-state index is 0. The zero-order valence-electron chi connectivity index (χ0n) is 6.30. The molecule has 0 atom stereocenters. The van der Waals surface area contributed by atoms with E-state index >= 15 is 0 Å². The molecule has 1 aromatic carbocycles. The highest BCUT2D eigenvalue weighted by Gasteiger charge is 1.93. The largest absolute Gasteiger partial charge is 0.399 e. The van der Waals surface area contributed by atoms with E-state index in [9.17, 15) is 0 Å². The Morgan fingerprint density at radius 3 is 2.45 bits per heavy atom. The Labute approximate surface area is 78.0 Å². The number of nitrogens with two attached hydrogens (primary N) is 1. The van der Waals surface area contributed by atoms with Crippen LogP contribution in [-0.4, -0.2) is 0 Å². The lowest BCUT2D eigenvalue weighted by Crippen LogP contribution is -1.87. The van der Waals surface area contributed by atoms with Crippen LogP contribution >= 0.6 is 24.0 Å². The SMILES string of the molecule is CCc1cc(N)cc(Cl)c1.Cl. The topological polar surface area (TPSA) is 26.0 Å². The van der Waals surface area contributed by atoms with Crippen LogP contribution in [0.4, 0.5) is 5.69 Å². The van der Waals surface area contributed by atoms with Gasteiger partial charge in [0, 0.05) is 10.7 Å². The third-order valence-corrected chi connectivity index (χ3v) is 1.61. The van der Waals surface area contributed by atoms with Crippen molar-refractivity contribution in [2.24, 2.45) is 0 Å². The Hall–Kier alpha value is -0.400. The maximum Gasteiger partial charge on any atom is 0.0429 e. The normalized spacial score (nSPS) is 8.91. The molecule has 2 N–H and O–H groups in total. The molecule has 0 aliphatic heterocycles. The van der Waals surface area contributed by atoms with Crippen LogP contribution in [0, 0.1) is 0 Å². The molecule has 0 saturated carbocycles. The van der Waals surface area contributed by atoms with Crippen molar-refractivity contribution < 1.29 is 0 Å². The Morgan fingerprint density at radius 1 is 1.36 bits per heavy atom. The van der Waals surface area contributed by atoms with Crippen molar-refractivity contribution in [3.05, 3.63) is 28.8 Å². The first-order valence-corrected chi connectivity index (χ1v) is 3.65. The summed E-state index contributed by atoms with van der Waals surface area (Å²) in [5.41, 5.74) is 7.48. The summed E-state index contributed by atoms with van der Waals surface area (Å²) in [5.74, 6) is 0.